The van der Waals surface area contributed by atoms with E-state index in [4.69, 9.17) is 5.11 Å². The van der Waals surface area contributed by atoms with Crippen molar-refractivity contribution in [2.45, 2.75) is 5.44 Å². The van der Waals surface area contributed by atoms with E-state index < -0.39 is 5.44 Å². The van der Waals surface area contributed by atoms with Crippen molar-refractivity contribution < 1.29 is 5.11 Å². The van der Waals surface area contributed by atoms with Crippen LogP contribution in [-0.2, 0) is 0 Å². The van der Waals surface area contributed by atoms with Gasteiger partial charge in [0.1, 0.15) is 5.44 Å². The van der Waals surface area contributed by atoms with Crippen LogP contribution in [0.1, 0.15) is 11.1 Å². The third-order valence-corrected chi connectivity index (χ3v) is 1.08. The first-order valence-electron chi connectivity index (χ1n) is 2.16. The predicted molar refractivity (Wildman–Crippen MR) is 32.5 cm³/mol. The van der Waals surface area contributed by atoms with Gasteiger partial charge in [0, 0.05) is 6.20 Å². The van der Waals surface area contributed by atoms with Gasteiger partial charge in [-0.15, -0.1) is 12.6 Å². The topological polar surface area (TPSA) is 48.9 Å². The molecule has 1 rings (SSSR count). The standard InChI is InChI=1S/C4H6N2OS/c7-4(8)3-1-2-5-6-3/h1-2,4,7-8H,(H,5,6). The second-order valence-corrected chi connectivity index (χ2v) is 1.87. The minimum absolute atomic E-state index is 0.619. The summed E-state index contributed by atoms with van der Waals surface area (Å²) in [6.45, 7) is 0. The average molecular weight is 130 g/mol. The molecule has 4 heteroatoms. The molecule has 44 valence electrons. The molecule has 1 heterocycles. The molecule has 1 atom stereocenters. The number of aliphatic hydroxyl groups is 1. The second-order valence-electron chi connectivity index (χ2n) is 1.39. The molecule has 1 aromatic rings. The van der Waals surface area contributed by atoms with E-state index >= 15 is 0 Å². The van der Waals surface area contributed by atoms with Gasteiger partial charge in [-0.3, -0.25) is 5.10 Å². The van der Waals surface area contributed by atoms with Gasteiger partial charge in [-0.25, -0.2) is 0 Å². The summed E-state index contributed by atoms with van der Waals surface area (Å²) in [5.74, 6) is 0. The number of nitrogens with one attached hydrogen (secondary N) is 1. The van der Waals surface area contributed by atoms with Crippen molar-refractivity contribution in [2.75, 3.05) is 0 Å². The number of rotatable bonds is 1. The molecule has 0 spiro atoms. The molecule has 0 aliphatic rings. The predicted octanol–water partition coefficient (Wildman–Crippen LogP) is 0.330. The Labute approximate surface area is 52.1 Å². The number of aromatic amines is 1. The van der Waals surface area contributed by atoms with Crippen LogP contribution in [0.2, 0.25) is 0 Å². The lowest BCUT2D eigenvalue weighted by Crippen LogP contribution is -1.86. The Kier molecular flexibility index (Phi) is 1.55. The summed E-state index contributed by atoms with van der Waals surface area (Å²) in [7, 11) is 0. The van der Waals surface area contributed by atoms with Crippen LogP contribution in [0.25, 0.3) is 0 Å². The average Bonchev–Trinajstić information content (AvgIpc) is 2.12. The largest absolute Gasteiger partial charge is 0.377 e. The van der Waals surface area contributed by atoms with E-state index in [1.54, 1.807) is 12.3 Å². The second kappa shape index (κ2) is 2.19. The molecular formula is C4H6N2OS. The molecule has 0 saturated heterocycles. The number of thiol groups is 1. The van der Waals surface area contributed by atoms with Gasteiger partial charge in [0.15, 0.2) is 0 Å². The van der Waals surface area contributed by atoms with Crippen molar-refractivity contribution in [2.24, 2.45) is 0 Å². The van der Waals surface area contributed by atoms with E-state index in [0.29, 0.717) is 5.69 Å². The van der Waals surface area contributed by atoms with Gasteiger partial charge in [-0.2, -0.15) is 5.10 Å². The lowest BCUT2D eigenvalue weighted by Gasteiger charge is -1.94. The highest BCUT2D eigenvalue weighted by Gasteiger charge is 1.98. The van der Waals surface area contributed by atoms with E-state index in [2.05, 4.69) is 22.8 Å². The molecule has 0 aliphatic carbocycles. The normalized spacial score (nSPS) is 13.8. The molecule has 3 nitrogen and oxygen atoms in total. The van der Waals surface area contributed by atoms with Crippen LogP contribution in [0.4, 0.5) is 0 Å². The Hall–Kier alpha value is -0.480. The Morgan fingerprint density at radius 3 is 2.88 bits per heavy atom. The van der Waals surface area contributed by atoms with Crippen molar-refractivity contribution in [3.63, 3.8) is 0 Å². The number of nitrogens with zero attached hydrogens (tertiary/aromatic N) is 1. The fourth-order valence-corrected chi connectivity index (χ4v) is 0.554. The van der Waals surface area contributed by atoms with Crippen LogP contribution in [0.5, 0.6) is 0 Å². The Balaban J connectivity index is 2.77. The lowest BCUT2D eigenvalue weighted by atomic mass is 10.5. The van der Waals surface area contributed by atoms with Crippen molar-refractivity contribution >= 4 is 12.6 Å². The number of H-pyrrole nitrogens is 1. The zero-order chi connectivity index (χ0) is 5.98. The monoisotopic (exact) mass is 130 g/mol. The Morgan fingerprint density at radius 2 is 2.62 bits per heavy atom. The molecule has 8 heavy (non-hydrogen) atoms. The molecule has 1 unspecified atom stereocenters. The number of hydrogen-bond acceptors (Lipinski definition) is 3. The summed E-state index contributed by atoms with van der Waals surface area (Å²) in [5.41, 5.74) is -0.120. The highest BCUT2D eigenvalue weighted by Crippen LogP contribution is 2.10. The van der Waals surface area contributed by atoms with E-state index in [1.165, 1.54) is 0 Å². The quantitative estimate of drug-likeness (QED) is 0.379. The van der Waals surface area contributed by atoms with E-state index in [0.717, 1.165) is 0 Å². The van der Waals surface area contributed by atoms with Gasteiger partial charge in [-0.1, -0.05) is 0 Å². The van der Waals surface area contributed by atoms with Gasteiger partial charge < -0.3 is 5.11 Å². The summed E-state index contributed by atoms with van der Waals surface area (Å²) >= 11 is 3.74. The Morgan fingerprint density at radius 1 is 1.88 bits per heavy atom. The molecule has 0 saturated carbocycles. The highest BCUT2D eigenvalue weighted by atomic mass is 32.1. The van der Waals surface area contributed by atoms with Crippen molar-refractivity contribution in [1.29, 1.82) is 0 Å². The van der Waals surface area contributed by atoms with Gasteiger partial charge in [0.25, 0.3) is 0 Å². The number of hydrogen-bond donors (Lipinski definition) is 3. The number of aromatic nitrogens is 2. The fraction of sp³-hybridized carbons (Fsp3) is 0.250. The first kappa shape index (κ1) is 5.65. The SMILES string of the molecule is OC(S)c1ccn[nH]1. The van der Waals surface area contributed by atoms with Gasteiger partial charge >= 0.3 is 0 Å². The summed E-state index contributed by atoms with van der Waals surface area (Å²) in [6.07, 6.45) is 1.56. The summed E-state index contributed by atoms with van der Waals surface area (Å²) < 4.78 is 0. The maximum atomic E-state index is 8.71. The molecule has 0 aromatic carbocycles. The summed E-state index contributed by atoms with van der Waals surface area (Å²) in [4.78, 5) is 0. The van der Waals surface area contributed by atoms with E-state index in [9.17, 15) is 0 Å². The van der Waals surface area contributed by atoms with Crippen LogP contribution in [0, 0.1) is 0 Å². The van der Waals surface area contributed by atoms with E-state index in [1.807, 2.05) is 0 Å². The number of aliphatic hydroxyl groups excluding tert-OH is 1. The molecule has 0 amide bonds. The maximum Gasteiger partial charge on any atom is 0.138 e. The third kappa shape index (κ3) is 1.02. The third-order valence-electron chi connectivity index (χ3n) is 0.800. The molecule has 0 aliphatic heterocycles. The van der Waals surface area contributed by atoms with Crippen LogP contribution in [0.15, 0.2) is 12.3 Å². The van der Waals surface area contributed by atoms with Crippen LogP contribution < -0.4 is 0 Å². The maximum absolute atomic E-state index is 8.71. The molecule has 0 radical (unpaired) electrons. The zero-order valence-corrected chi connectivity index (χ0v) is 4.97. The molecular weight excluding hydrogens is 124 g/mol. The minimum Gasteiger partial charge on any atom is -0.377 e. The fourth-order valence-electron chi connectivity index (χ4n) is 0.410. The summed E-state index contributed by atoms with van der Waals surface area (Å²) in [6, 6.07) is 1.66. The molecule has 0 bridgehead atoms. The van der Waals surface area contributed by atoms with Gasteiger partial charge in [-0.05, 0) is 6.07 Å². The van der Waals surface area contributed by atoms with Crippen LogP contribution >= 0.6 is 12.6 Å². The smallest absolute Gasteiger partial charge is 0.138 e. The van der Waals surface area contributed by atoms with Gasteiger partial charge in [0.2, 0.25) is 0 Å². The summed E-state index contributed by atoms with van der Waals surface area (Å²) in [5, 5.41) is 14.9. The van der Waals surface area contributed by atoms with Crippen LogP contribution in [-0.4, -0.2) is 15.3 Å². The van der Waals surface area contributed by atoms with Gasteiger partial charge in [0.05, 0.1) is 5.69 Å². The minimum atomic E-state index is -0.738. The first-order valence-corrected chi connectivity index (χ1v) is 2.68. The van der Waals surface area contributed by atoms with Crippen molar-refractivity contribution in [3.05, 3.63) is 18.0 Å². The molecule has 2 N–H and O–H groups in total. The lowest BCUT2D eigenvalue weighted by molar-refractivity contribution is 0.267. The molecule has 0 fully saturated rings. The molecule has 1 aromatic heterocycles. The Bertz CT molecular complexity index is 149. The van der Waals surface area contributed by atoms with Crippen molar-refractivity contribution in [1.82, 2.24) is 10.2 Å². The first-order chi connectivity index (χ1) is 3.80. The van der Waals surface area contributed by atoms with Crippen LogP contribution in [0.3, 0.4) is 0 Å². The zero-order valence-electron chi connectivity index (χ0n) is 4.07. The van der Waals surface area contributed by atoms with E-state index in [-0.39, 0.29) is 0 Å². The van der Waals surface area contributed by atoms with Crippen molar-refractivity contribution in [3.8, 4) is 0 Å². The highest BCUT2D eigenvalue weighted by molar-refractivity contribution is 7.80.